The number of hydrogen-bond donors (Lipinski definition) is 1. The number of nitrogens with one attached hydrogen (secondary N) is 1. The average molecular weight is 307 g/mol. The number of hydrogen-bond acceptors (Lipinski definition) is 4. The fourth-order valence-electron chi connectivity index (χ4n) is 2.27. The zero-order valence-corrected chi connectivity index (χ0v) is 12.8. The van der Waals surface area contributed by atoms with Crippen LogP contribution >= 0.6 is 0 Å². The van der Waals surface area contributed by atoms with Crippen LogP contribution in [-0.4, -0.2) is 26.1 Å². The number of rotatable bonds is 5. The lowest BCUT2D eigenvalue weighted by molar-refractivity contribution is 0.102. The third-order valence-electron chi connectivity index (χ3n) is 3.45. The highest BCUT2D eigenvalue weighted by Crippen LogP contribution is 2.19. The Bertz CT molecular complexity index is 780. The summed E-state index contributed by atoms with van der Waals surface area (Å²) in [5.41, 5.74) is 2.75. The molecule has 1 N–H and O–H groups in total. The van der Waals surface area contributed by atoms with Crippen LogP contribution in [0.5, 0.6) is 0 Å². The van der Waals surface area contributed by atoms with Crippen LogP contribution in [0.25, 0.3) is 11.1 Å². The van der Waals surface area contributed by atoms with Gasteiger partial charge < -0.3 is 0 Å². The molecule has 0 saturated carbocycles. The molecule has 3 aromatic rings. The van der Waals surface area contributed by atoms with Gasteiger partial charge in [-0.2, -0.15) is 0 Å². The summed E-state index contributed by atoms with van der Waals surface area (Å²) >= 11 is 0. The largest absolute Gasteiger partial charge is 0.289 e. The first-order valence-electron chi connectivity index (χ1n) is 7.51. The van der Waals surface area contributed by atoms with Crippen LogP contribution in [0.3, 0.4) is 0 Å². The van der Waals surface area contributed by atoms with E-state index >= 15 is 0 Å². The van der Waals surface area contributed by atoms with Crippen LogP contribution in [0.15, 0.2) is 54.6 Å². The van der Waals surface area contributed by atoms with E-state index in [-0.39, 0.29) is 5.91 Å². The van der Waals surface area contributed by atoms with Crippen molar-refractivity contribution in [3.63, 3.8) is 0 Å². The van der Waals surface area contributed by atoms with Gasteiger partial charge in [0.2, 0.25) is 5.95 Å². The van der Waals surface area contributed by atoms with Gasteiger partial charge in [-0.05, 0) is 40.1 Å². The molecule has 1 amide bonds. The van der Waals surface area contributed by atoms with Crippen molar-refractivity contribution < 1.29 is 4.79 Å². The van der Waals surface area contributed by atoms with Gasteiger partial charge in [0, 0.05) is 12.1 Å². The molecule has 23 heavy (non-hydrogen) atoms. The number of benzene rings is 2. The topological polar surface area (TPSA) is 72.7 Å². The van der Waals surface area contributed by atoms with Crippen molar-refractivity contribution in [3.8, 4) is 11.1 Å². The molecular formula is C17H17N5O. The van der Waals surface area contributed by atoms with Gasteiger partial charge in [-0.1, -0.05) is 54.5 Å². The van der Waals surface area contributed by atoms with Crippen LogP contribution in [0.2, 0.25) is 0 Å². The monoisotopic (exact) mass is 307 g/mol. The Kier molecular flexibility index (Phi) is 4.42. The third kappa shape index (κ3) is 3.42. The van der Waals surface area contributed by atoms with Crippen molar-refractivity contribution in [2.45, 2.75) is 19.9 Å². The molecular weight excluding hydrogens is 290 g/mol. The van der Waals surface area contributed by atoms with Crippen molar-refractivity contribution >= 4 is 11.9 Å². The molecule has 0 fully saturated rings. The van der Waals surface area contributed by atoms with Crippen LogP contribution in [0.4, 0.5) is 5.95 Å². The predicted molar refractivity (Wildman–Crippen MR) is 87.9 cm³/mol. The summed E-state index contributed by atoms with van der Waals surface area (Å²) in [6, 6.07) is 17.5. The number of carbonyl (C=O) groups is 1. The van der Waals surface area contributed by atoms with Crippen molar-refractivity contribution in [2.75, 3.05) is 5.32 Å². The van der Waals surface area contributed by atoms with Crippen LogP contribution in [-0.2, 0) is 6.54 Å². The first-order valence-corrected chi connectivity index (χ1v) is 7.51. The lowest BCUT2D eigenvalue weighted by atomic mass is 10.0. The van der Waals surface area contributed by atoms with Gasteiger partial charge in [0.05, 0.1) is 0 Å². The number of amides is 1. The zero-order chi connectivity index (χ0) is 16.1. The molecule has 1 heterocycles. The molecule has 0 radical (unpaired) electrons. The second kappa shape index (κ2) is 6.83. The minimum Gasteiger partial charge on any atom is -0.289 e. The Morgan fingerprint density at radius 1 is 1.04 bits per heavy atom. The molecule has 0 aliphatic rings. The van der Waals surface area contributed by atoms with E-state index in [0.29, 0.717) is 18.1 Å². The molecule has 2 aromatic carbocycles. The predicted octanol–water partition coefficient (Wildman–Crippen LogP) is 3.00. The smallest absolute Gasteiger partial charge is 0.258 e. The Hall–Kier alpha value is -3.02. The van der Waals surface area contributed by atoms with Gasteiger partial charge in [-0.25, -0.2) is 4.68 Å². The van der Waals surface area contributed by atoms with E-state index in [2.05, 4.69) is 20.8 Å². The average Bonchev–Trinajstić information content (AvgIpc) is 3.03. The van der Waals surface area contributed by atoms with Crippen molar-refractivity contribution in [3.05, 3.63) is 60.2 Å². The summed E-state index contributed by atoms with van der Waals surface area (Å²) in [6.07, 6.45) is 0.889. The summed E-state index contributed by atoms with van der Waals surface area (Å²) in [6.45, 7) is 2.69. The number of anilines is 1. The number of nitrogens with zero attached hydrogens (tertiary/aromatic N) is 4. The van der Waals surface area contributed by atoms with Crippen LogP contribution < -0.4 is 5.32 Å². The van der Waals surface area contributed by atoms with Gasteiger partial charge in [0.15, 0.2) is 0 Å². The maximum absolute atomic E-state index is 12.3. The van der Waals surface area contributed by atoms with E-state index < -0.39 is 0 Å². The first-order chi connectivity index (χ1) is 11.3. The zero-order valence-electron chi connectivity index (χ0n) is 12.8. The Balaban J connectivity index is 1.74. The van der Waals surface area contributed by atoms with E-state index in [1.54, 1.807) is 16.8 Å². The van der Waals surface area contributed by atoms with Crippen LogP contribution in [0, 0.1) is 0 Å². The molecule has 6 nitrogen and oxygen atoms in total. The lowest BCUT2D eigenvalue weighted by Gasteiger charge is -2.06. The highest BCUT2D eigenvalue weighted by molar-refractivity contribution is 6.03. The van der Waals surface area contributed by atoms with Crippen molar-refractivity contribution in [1.29, 1.82) is 0 Å². The molecule has 0 spiro atoms. The molecule has 3 rings (SSSR count). The molecule has 0 unspecified atom stereocenters. The molecule has 0 atom stereocenters. The first kappa shape index (κ1) is 14.9. The lowest BCUT2D eigenvalue weighted by Crippen LogP contribution is -2.16. The molecule has 0 bridgehead atoms. The summed E-state index contributed by atoms with van der Waals surface area (Å²) in [7, 11) is 0. The SMILES string of the molecule is CCCn1nnnc1NC(=O)c1ccc(-c2ccccc2)cc1. The van der Waals surface area contributed by atoms with Crippen LogP contribution in [0.1, 0.15) is 23.7 Å². The number of carbonyl (C=O) groups excluding carboxylic acids is 1. The summed E-state index contributed by atoms with van der Waals surface area (Å²) < 4.78 is 1.58. The second-order valence-electron chi connectivity index (χ2n) is 5.12. The fourth-order valence-corrected chi connectivity index (χ4v) is 2.27. The maximum Gasteiger partial charge on any atom is 0.258 e. The molecule has 6 heteroatoms. The Labute approximate surface area is 134 Å². The fraction of sp³-hybridized carbons (Fsp3) is 0.176. The molecule has 1 aromatic heterocycles. The highest BCUT2D eigenvalue weighted by Gasteiger charge is 2.11. The van der Waals surface area contributed by atoms with Gasteiger partial charge in [-0.3, -0.25) is 10.1 Å². The summed E-state index contributed by atoms with van der Waals surface area (Å²) in [4.78, 5) is 12.3. The normalized spacial score (nSPS) is 10.5. The summed E-state index contributed by atoms with van der Waals surface area (Å²) in [5.74, 6) is 0.140. The minimum atomic E-state index is -0.225. The van der Waals surface area contributed by atoms with Gasteiger partial charge in [-0.15, -0.1) is 0 Å². The van der Waals surface area contributed by atoms with E-state index in [9.17, 15) is 4.79 Å². The molecule has 0 saturated heterocycles. The molecule has 116 valence electrons. The van der Waals surface area contributed by atoms with Gasteiger partial charge >= 0.3 is 0 Å². The van der Waals surface area contributed by atoms with Crippen molar-refractivity contribution in [1.82, 2.24) is 20.2 Å². The Morgan fingerprint density at radius 2 is 1.74 bits per heavy atom. The standard InChI is InChI=1S/C17H17N5O/c1-2-12-22-17(19-20-21-22)18-16(23)15-10-8-14(9-11-15)13-6-4-3-5-7-13/h3-11H,2,12H2,1H3,(H,18,19,21,23). The highest BCUT2D eigenvalue weighted by atomic mass is 16.1. The van der Waals surface area contributed by atoms with Crippen molar-refractivity contribution in [2.24, 2.45) is 0 Å². The second-order valence-corrected chi connectivity index (χ2v) is 5.12. The van der Waals surface area contributed by atoms with Gasteiger partial charge in [0.25, 0.3) is 5.91 Å². The molecule has 0 aliphatic carbocycles. The quantitative estimate of drug-likeness (QED) is 0.786. The Morgan fingerprint density at radius 3 is 2.43 bits per heavy atom. The number of aryl methyl sites for hydroxylation is 1. The molecule has 0 aliphatic heterocycles. The van der Waals surface area contributed by atoms with E-state index in [1.807, 2.05) is 49.4 Å². The maximum atomic E-state index is 12.3. The van der Waals surface area contributed by atoms with E-state index in [4.69, 9.17) is 0 Å². The van der Waals surface area contributed by atoms with E-state index in [0.717, 1.165) is 17.5 Å². The minimum absolute atomic E-state index is 0.225. The third-order valence-corrected chi connectivity index (χ3v) is 3.45. The summed E-state index contributed by atoms with van der Waals surface area (Å²) in [5, 5.41) is 14.0. The van der Waals surface area contributed by atoms with E-state index in [1.165, 1.54) is 0 Å². The number of aromatic nitrogens is 4. The van der Waals surface area contributed by atoms with Gasteiger partial charge in [0.1, 0.15) is 0 Å². The number of tetrazole rings is 1.